The number of carboxylic acid groups (broad SMARTS) is 1. The molecule has 2 aliphatic rings. The van der Waals surface area contributed by atoms with Crippen LogP contribution >= 0.6 is 0 Å². The third-order valence-electron chi connectivity index (χ3n) is 4.25. The van der Waals surface area contributed by atoms with Gasteiger partial charge in [0, 0.05) is 11.3 Å². The predicted molar refractivity (Wildman–Crippen MR) is 83.5 cm³/mol. The number of nitrogens with zero attached hydrogens (tertiary/aromatic N) is 2. The maximum atomic E-state index is 12.9. The second-order valence-electron chi connectivity index (χ2n) is 5.77. The van der Waals surface area contributed by atoms with E-state index >= 15 is 0 Å². The number of carboxylic acids is 1. The van der Waals surface area contributed by atoms with E-state index in [2.05, 4.69) is 4.99 Å². The number of hydrogen-bond acceptors (Lipinski definition) is 4. The van der Waals surface area contributed by atoms with Gasteiger partial charge in [-0.2, -0.15) is 0 Å². The van der Waals surface area contributed by atoms with Crippen LogP contribution < -0.4 is 10.0 Å². The van der Waals surface area contributed by atoms with Crippen molar-refractivity contribution in [3.63, 3.8) is 0 Å². The van der Waals surface area contributed by atoms with Crippen molar-refractivity contribution >= 4 is 29.0 Å². The molecule has 5 heteroatoms. The molecular formula is C18H13N2O3-. The molecule has 1 aliphatic carbocycles. The first-order chi connectivity index (χ1) is 11.1. The minimum Gasteiger partial charge on any atom is -0.547 e. The number of amides is 1. The Kier molecular flexibility index (Phi) is 2.84. The number of rotatable bonds is 3. The molecule has 0 N–H and O–H groups in total. The molecule has 1 fully saturated rings. The predicted octanol–water partition coefficient (Wildman–Crippen LogP) is 1.44. The van der Waals surface area contributed by atoms with Gasteiger partial charge >= 0.3 is 0 Å². The Hall–Kier alpha value is -2.95. The molecule has 1 saturated carbocycles. The number of carbonyl (C=O) groups is 2. The molecule has 5 nitrogen and oxygen atoms in total. The van der Waals surface area contributed by atoms with Gasteiger partial charge in [0.05, 0.1) is 11.7 Å². The molecule has 1 aliphatic heterocycles. The molecular weight excluding hydrogens is 292 g/mol. The highest BCUT2D eigenvalue weighted by atomic mass is 16.4. The van der Waals surface area contributed by atoms with Crippen molar-refractivity contribution in [2.24, 2.45) is 4.99 Å². The van der Waals surface area contributed by atoms with Crippen molar-refractivity contribution in [2.75, 3.05) is 4.90 Å². The highest BCUT2D eigenvalue weighted by molar-refractivity contribution is 6.55. The number of aliphatic imine (C=N–C) groups is 1. The van der Waals surface area contributed by atoms with Gasteiger partial charge in [-0.05, 0) is 31.0 Å². The zero-order valence-corrected chi connectivity index (χ0v) is 12.2. The Morgan fingerprint density at radius 2 is 1.70 bits per heavy atom. The molecule has 0 bridgehead atoms. The van der Waals surface area contributed by atoms with Gasteiger partial charge in [0.15, 0.2) is 0 Å². The number of carbonyl (C=O) groups excluding carboxylic acids is 2. The van der Waals surface area contributed by atoms with Crippen LogP contribution in [0.3, 0.4) is 0 Å². The lowest BCUT2D eigenvalue weighted by molar-refractivity contribution is -0.308. The Labute approximate surface area is 132 Å². The van der Waals surface area contributed by atoms with Crippen LogP contribution in [0.5, 0.6) is 0 Å². The second-order valence-corrected chi connectivity index (χ2v) is 5.77. The lowest BCUT2D eigenvalue weighted by Crippen LogP contribution is -2.38. The third-order valence-corrected chi connectivity index (χ3v) is 4.25. The first-order valence-corrected chi connectivity index (χ1v) is 7.43. The summed E-state index contributed by atoms with van der Waals surface area (Å²) in [6.07, 6.45) is 0.833. The van der Waals surface area contributed by atoms with E-state index in [4.69, 9.17) is 0 Å². The van der Waals surface area contributed by atoms with E-state index in [9.17, 15) is 14.7 Å². The highest BCUT2D eigenvalue weighted by Gasteiger charge is 2.47. The Balaban J connectivity index is 1.86. The SMILES string of the molecule is O=C1C(=NC2(C(=O)[O-])CC2)c2ccccc2N1c1ccccc1. The summed E-state index contributed by atoms with van der Waals surface area (Å²) in [7, 11) is 0. The van der Waals surface area contributed by atoms with E-state index in [0.717, 1.165) is 11.4 Å². The van der Waals surface area contributed by atoms with E-state index < -0.39 is 11.5 Å². The topological polar surface area (TPSA) is 72.8 Å². The molecule has 0 aromatic heterocycles. The molecule has 1 heterocycles. The number of para-hydroxylation sites is 2. The summed E-state index contributed by atoms with van der Waals surface area (Å²) in [6, 6.07) is 16.5. The molecule has 0 atom stereocenters. The van der Waals surface area contributed by atoms with Crippen molar-refractivity contribution in [2.45, 2.75) is 18.4 Å². The summed E-state index contributed by atoms with van der Waals surface area (Å²) in [5, 5.41) is 11.3. The van der Waals surface area contributed by atoms with Crippen LogP contribution in [0.15, 0.2) is 59.6 Å². The molecule has 0 spiro atoms. The maximum Gasteiger partial charge on any atom is 0.281 e. The van der Waals surface area contributed by atoms with Crippen LogP contribution in [0.1, 0.15) is 18.4 Å². The quantitative estimate of drug-likeness (QED) is 0.861. The molecule has 0 unspecified atom stereocenters. The fourth-order valence-corrected chi connectivity index (χ4v) is 2.83. The van der Waals surface area contributed by atoms with E-state index in [0.29, 0.717) is 18.4 Å². The average Bonchev–Trinajstić information content (AvgIpc) is 3.30. The highest BCUT2D eigenvalue weighted by Crippen LogP contribution is 2.42. The lowest BCUT2D eigenvalue weighted by Gasteiger charge is -2.17. The number of benzene rings is 2. The van der Waals surface area contributed by atoms with E-state index in [1.54, 1.807) is 11.0 Å². The van der Waals surface area contributed by atoms with Crippen LogP contribution in [-0.2, 0) is 9.59 Å². The van der Waals surface area contributed by atoms with Gasteiger partial charge < -0.3 is 9.90 Å². The van der Waals surface area contributed by atoms with Crippen LogP contribution in [-0.4, -0.2) is 23.1 Å². The summed E-state index contributed by atoms with van der Waals surface area (Å²) < 4.78 is 0. The first-order valence-electron chi connectivity index (χ1n) is 7.43. The van der Waals surface area contributed by atoms with Gasteiger partial charge in [0.25, 0.3) is 5.91 Å². The van der Waals surface area contributed by atoms with Gasteiger partial charge in [0.2, 0.25) is 0 Å². The van der Waals surface area contributed by atoms with E-state index in [1.165, 1.54) is 0 Å². The van der Waals surface area contributed by atoms with Gasteiger partial charge in [-0.1, -0.05) is 36.4 Å². The normalized spacial score (nSPS) is 19.7. The van der Waals surface area contributed by atoms with Gasteiger partial charge in [0.1, 0.15) is 11.3 Å². The van der Waals surface area contributed by atoms with Crippen molar-refractivity contribution < 1.29 is 14.7 Å². The zero-order chi connectivity index (χ0) is 16.0. The molecule has 4 rings (SSSR count). The molecule has 23 heavy (non-hydrogen) atoms. The smallest absolute Gasteiger partial charge is 0.281 e. The molecule has 114 valence electrons. The molecule has 2 aromatic rings. The van der Waals surface area contributed by atoms with Crippen molar-refractivity contribution in [1.82, 2.24) is 0 Å². The fraction of sp³-hybridized carbons (Fsp3) is 0.167. The van der Waals surface area contributed by atoms with Gasteiger partial charge in [-0.3, -0.25) is 14.7 Å². The molecule has 0 radical (unpaired) electrons. The summed E-state index contributed by atoms with van der Waals surface area (Å²) in [6.45, 7) is 0. The maximum absolute atomic E-state index is 12.9. The minimum atomic E-state index is -1.23. The summed E-state index contributed by atoms with van der Waals surface area (Å²) in [4.78, 5) is 30.0. The fourth-order valence-electron chi connectivity index (χ4n) is 2.83. The molecule has 2 aromatic carbocycles. The molecule has 0 saturated heterocycles. The van der Waals surface area contributed by atoms with Crippen LogP contribution in [0.25, 0.3) is 0 Å². The number of hydrogen-bond donors (Lipinski definition) is 0. The van der Waals surface area contributed by atoms with Gasteiger partial charge in [-0.15, -0.1) is 0 Å². The lowest BCUT2D eigenvalue weighted by atomic mass is 10.1. The third kappa shape index (κ3) is 2.04. The van der Waals surface area contributed by atoms with Gasteiger partial charge in [-0.25, -0.2) is 0 Å². The summed E-state index contributed by atoms with van der Waals surface area (Å²) in [5.74, 6) is -1.52. The van der Waals surface area contributed by atoms with E-state index in [-0.39, 0.29) is 11.6 Å². The van der Waals surface area contributed by atoms with E-state index in [1.807, 2.05) is 48.5 Å². The second kappa shape index (κ2) is 4.78. The standard InChI is InChI=1S/C18H14N2O3/c21-16-15(19-18(10-11-18)17(22)23)13-8-4-5-9-14(13)20(16)12-6-2-1-3-7-12/h1-9H,10-11H2,(H,22,23)/p-1. The van der Waals surface area contributed by atoms with Crippen molar-refractivity contribution in [1.29, 1.82) is 0 Å². The van der Waals surface area contributed by atoms with Crippen LogP contribution in [0, 0.1) is 0 Å². The van der Waals surface area contributed by atoms with Crippen LogP contribution in [0.4, 0.5) is 11.4 Å². The van der Waals surface area contributed by atoms with Crippen molar-refractivity contribution in [3.05, 3.63) is 60.2 Å². The summed E-state index contributed by atoms with van der Waals surface area (Å²) in [5.41, 5.74) is 1.08. The zero-order valence-electron chi connectivity index (χ0n) is 12.2. The number of anilines is 2. The Morgan fingerprint density at radius 3 is 2.35 bits per heavy atom. The summed E-state index contributed by atoms with van der Waals surface area (Å²) >= 11 is 0. The Morgan fingerprint density at radius 1 is 1.04 bits per heavy atom. The average molecular weight is 305 g/mol. The number of aliphatic carboxylic acids is 1. The largest absolute Gasteiger partial charge is 0.547 e. The first kappa shape index (κ1) is 13.7. The monoisotopic (exact) mass is 305 g/mol. The number of fused-ring (bicyclic) bond motifs is 1. The van der Waals surface area contributed by atoms with Crippen LogP contribution in [0.2, 0.25) is 0 Å². The van der Waals surface area contributed by atoms with Crippen molar-refractivity contribution in [3.8, 4) is 0 Å². The molecule has 1 amide bonds. The minimum absolute atomic E-state index is 0.200. The Bertz CT molecular complexity index is 838.